The molecule has 2 aromatic rings. The van der Waals surface area contributed by atoms with Crippen LogP contribution in [0.2, 0.25) is 0 Å². The number of hydrogen-bond donors (Lipinski definition) is 1. The fourth-order valence-electron chi connectivity index (χ4n) is 2.19. The Morgan fingerprint density at radius 2 is 2.47 bits per heavy atom. The van der Waals surface area contributed by atoms with Crippen molar-refractivity contribution in [2.24, 2.45) is 0 Å². The van der Waals surface area contributed by atoms with Crippen LogP contribution in [0.1, 0.15) is 18.7 Å². The minimum Gasteiger partial charge on any atom is -0.378 e. The van der Waals surface area contributed by atoms with Gasteiger partial charge in [-0.1, -0.05) is 0 Å². The van der Waals surface area contributed by atoms with Crippen molar-refractivity contribution in [2.45, 2.75) is 25.4 Å². The third-order valence-corrected chi connectivity index (χ3v) is 3.85. The summed E-state index contributed by atoms with van der Waals surface area (Å²) >= 11 is 1.66. The van der Waals surface area contributed by atoms with Crippen LogP contribution in [0.15, 0.2) is 11.4 Å². The van der Waals surface area contributed by atoms with Gasteiger partial charge in [0.2, 0.25) is 0 Å². The molecule has 1 N–H and O–H groups in total. The van der Waals surface area contributed by atoms with E-state index in [4.69, 9.17) is 4.74 Å². The summed E-state index contributed by atoms with van der Waals surface area (Å²) in [5.74, 6) is 1.81. The quantitative estimate of drug-likeness (QED) is 0.907. The minimum atomic E-state index is 0.303. The van der Waals surface area contributed by atoms with Gasteiger partial charge in [-0.25, -0.2) is 9.97 Å². The highest BCUT2D eigenvalue weighted by Crippen LogP contribution is 2.25. The summed E-state index contributed by atoms with van der Waals surface area (Å²) < 4.78 is 5.63. The molecule has 0 amide bonds. The summed E-state index contributed by atoms with van der Waals surface area (Å²) in [4.78, 5) is 10.2. The maximum atomic E-state index is 5.63. The summed E-state index contributed by atoms with van der Waals surface area (Å²) in [7, 11) is 1.90. The molecule has 1 aliphatic rings. The first kappa shape index (κ1) is 10.9. The van der Waals surface area contributed by atoms with E-state index in [2.05, 4.69) is 26.7 Å². The van der Waals surface area contributed by atoms with E-state index < -0.39 is 0 Å². The number of ether oxygens (including phenoxy) is 1. The molecule has 1 saturated heterocycles. The molecule has 3 heterocycles. The summed E-state index contributed by atoms with van der Waals surface area (Å²) in [5.41, 5.74) is 0. The molecule has 2 aromatic heterocycles. The Kier molecular flexibility index (Phi) is 2.94. The third-order valence-electron chi connectivity index (χ3n) is 3.04. The summed E-state index contributed by atoms with van der Waals surface area (Å²) in [5, 5.41) is 6.29. The second-order valence-electron chi connectivity index (χ2n) is 4.22. The molecular formula is C12H15N3OS. The lowest BCUT2D eigenvalue weighted by Crippen LogP contribution is -2.12. The summed E-state index contributed by atoms with van der Waals surface area (Å²) in [6.07, 6.45) is 3.41. The normalized spacial score (nSPS) is 19.9. The predicted molar refractivity (Wildman–Crippen MR) is 69.6 cm³/mol. The van der Waals surface area contributed by atoms with Crippen molar-refractivity contribution < 1.29 is 4.74 Å². The molecule has 1 unspecified atom stereocenters. The van der Waals surface area contributed by atoms with Gasteiger partial charge in [0.15, 0.2) is 0 Å². The number of nitrogens with one attached hydrogen (secondary N) is 1. The molecule has 90 valence electrons. The number of hydrogen-bond acceptors (Lipinski definition) is 5. The van der Waals surface area contributed by atoms with Crippen LogP contribution in [0.3, 0.4) is 0 Å². The number of aromatic nitrogens is 2. The van der Waals surface area contributed by atoms with E-state index in [0.717, 1.165) is 47.7 Å². The largest absolute Gasteiger partial charge is 0.378 e. The molecule has 5 heteroatoms. The molecule has 1 atom stereocenters. The van der Waals surface area contributed by atoms with E-state index in [9.17, 15) is 0 Å². The Morgan fingerprint density at radius 1 is 1.53 bits per heavy atom. The van der Waals surface area contributed by atoms with Gasteiger partial charge in [-0.15, -0.1) is 11.3 Å². The van der Waals surface area contributed by atoms with Crippen LogP contribution in [-0.2, 0) is 11.2 Å². The van der Waals surface area contributed by atoms with Crippen LogP contribution in [0.4, 0.5) is 5.82 Å². The van der Waals surface area contributed by atoms with Crippen LogP contribution < -0.4 is 5.32 Å². The Balaban J connectivity index is 1.92. The number of rotatable bonds is 3. The van der Waals surface area contributed by atoms with Crippen LogP contribution >= 0.6 is 11.3 Å². The van der Waals surface area contributed by atoms with Gasteiger partial charge in [-0.05, 0) is 24.3 Å². The van der Waals surface area contributed by atoms with Crippen LogP contribution in [-0.4, -0.2) is 29.7 Å². The maximum Gasteiger partial charge on any atom is 0.138 e. The smallest absolute Gasteiger partial charge is 0.138 e. The van der Waals surface area contributed by atoms with E-state index in [1.165, 1.54) is 0 Å². The van der Waals surface area contributed by atoms with E-state index in [1.807, 2.05) is 7.05 Å². The number of fused-ring (bicyclic) bond motifs is 1. The van der Waals surface area contributed by atoms with Crippen molar-refractivity contribution in [2.75, 3.05) is 19.0 Å². The van der Waals surface area contributed by atoms with Crippen LogP contribution in [0, 0.1) is 0 Å². The number of thiophene rings is 1. The lowest BCUT2D eigenvalue weighted by molar-refractivity contribution is 0.110. The van der Waals surface area contributed by atoms with Gasteiger partial charge in [0, 0.05) is 20.1 Å². The number of nitrogens with zero attached hydrogens (tertiary/aromatic N) is 2. The first-order valence-corrected chi connectivity index (χ1v) is 6.78. The first-order chi connectivity index (χ1) is 8.36. The van der Waals surface area contributed by atoms with Crippen LogP contribution in [0.25, 0.3) is 10.2 Å². The van der Waals surface area contributed by atoms with E-state index in [-0.39, 0.29) is 0 Å². The van der Waals surface area contributed by atoms with Gasteiger partial charge in [-0.2, -0.15) is 0 Å². The Morgan fingerprint density at radius 3 is 3.24 bits per heavy atom. The highest BCUT2D eigenvalue weighted by molar-refractivity contribution is 7.16. The molecule has 0 spiro atoms. The fraction of sp³-hybridized carbons (Fsp3) is 0.500. The molecule has 4 nitrogen and oxygen atoms in total. The van der Waals surface area contributed by atoms with Crippen molar-refractivity contribution in [3.8, 4) is 0 Å². The molecule has 17 heavy (non-hydrogen) atoms. The highest BCUT2D eigenvalue weighted by atomic mass is 32.1. The van der Waals surface area contributed by atoms with Crippen molar-refractivity contribution in [1.82, 2.24) is 9.97 Å². The van der Waals surface area contributed by atoms with E-state index >= 15 is 0 Å². The van der Waals surface area contributed by atoms with Crippen molar-refractivity contribution >= 4 is 27.4 Å². The van der Waals surface area contributed by atoms with Crippen molar-refractivity contribution in [3.05, 3.63) is 17.3 Å². The monoisotopic (exact) mass is 249 g/mol. The van der Waals surface area contributed by atoms with Gasteiger partial charge in [0.25, 0.3) is 0 Å². The second-order valence-corrected chi connectivity index (χ2v) is 5.11. The Labute approximate surface area is 104 Å². The fourth-order valence-corrected chi connectivity index (χ4v) is 2.97. The standard InChI is InChI=1S/C12H15N3OS/c1-13-11-9-4-6-17-12(9)15-10(14-11)7-8-3-2-5-16-8/h4,6,8H,2-3,5,7H2,1H3,(H,13,14,15). The first-order valence-electron chi connectivity index (χ1n) is 5.90. The molecule has 0 aliphatic carbocycles. The minimum absolute atomic E-state index is 0.303. The van der Waals surface area contributed by atoms with Crippen molar-refractivity contribution in [1.29, 1.82) is 0 Å². The summed E-state index contributed by atoms with van der Waals surface area (Å²) in [6, 6.07) is 2.06. The molecule has 0 saturated carbocycles. The molecule has 1 fully saturated rings. The van der Waals surface area contributed by atoms with Gasteiger partial charge in [0.1, 0.15) is 16.5 Å². The van der Waals surface area contributed by atoms with Crippen LogP contribution in [0.5, 0.6) is 0 Å². The van der Waals surface area contributed by atoms with Gasteiger partial charge < -0.3 is 10.1 Å². The van der Waals surface area contributed by atoms with E-state index in [0.29, 0.717) is 6.10 Å². The lowest BCUT2D eigenvalue weighted by atomic mass is 10.2. The second kappa shape index (κ2) is 4.58. The van der Waals surface area contributed by atoms with E-state index in [1.54, 1.807) is 11.3 Å². The Hall–Kier alpha value is -1.20. The zero-order valence-electron chi connectivity index (χ0n) is 9.77. The highest BCUT2D eigenvalue weighted by Gasteiger charge is 2.18. The third kappa shape index (κ3) is 2.12. The molecule has 0 bridgehead atoms. The average Bonchev–Trinajstić information content (AvgIpc) is 2.98. The molecule has 3 rings (SSSR count). The summed E-state index contributed by atoms with van der Waals surface area (Å²) in [6.45, 7) is 0.880. The molecule has 0 radical (unpaired) electrons. The van der Waals surface area contributed by atoms with Gasteiger partial charge >= 0.3 is 0 Å². The molecule has 1 aliphatic heterocycles. The van der Waals surface area contributed by atoms with Crippen molar-refractivity contribution in [3.63, 3.8) is 0 Å². The van der Waals surface area contributed by atoms with Gasteiger partial charge in [0.05, 0.1) is 11.5 Å². The topological polar surface area (TPSA) is 47.0 Å². The zero-order valence-corrected chi connectivity index (χ0v) is 10.6. The predicted octanol–water partition coefficient (Wildman–Crippen LogP) is 2.45. The molecule has 0 aromatic carbocycles. The SMILES string of the molecule is CNc1nc(CC2CCCO2)nc2sccc12. The average molecular weight is 249 g/mol. The maximum absolute atomic E-state index is 5.63. The lowest BCUT2D eigenvalue weighted by Gasteiger charge is -2.09. The molecular weight excluding hydrogens is 234 g/mol. The Bertz CT molecular complexity index is 519. The van der Waals surface area contributed by atoms with Gasteiger partial charge in [-0.3, -0.25) is 0 Å². The zero-order chi connectivity index (χ0) is 11.7. The number of anilines is 1.